The van der Waals surface area contributed by atoms with E-state index in [-0.39, 0.29) is 17.8 Å². The van der Waals surface area contributed by atoms with Crippen LogP contribution in [0.25, 0.3) is 11.4 Å². The number of aryl methyl sites for hydroxylation is 2. The average Bonchev–Trinajstić information content (AvgIpc) is 3.22. The topological polar surface area (TPSA) is 80.0 Å². The number of nitrogens with zero attached hydrogens (tertiary/aromatic N) is 2. The highest BCUT2D eigenvalue weighted by Gasteiger charge is 2.33. The maximum atomic E-state index is 13.4. The Morgan fingerprint density at radius 3 is 2.85 bits per heavy atom. The van der Waals surface area contributed by atoms with Crippen molar-refractivity contribution >= 4 is 5.91 Å². The van der Waals surface area contributed by atoms with Gasteiger partial charge in [-0.05, 0) is 56.4 Å². The van der Waals surface area contributed by atoms with Crippen molar-refractivity contribution in [2.45, 2.75) is 63.6 Å². The van der Waals surface area contributed by atoms with Gasteiger partial charge in [0.2, 0.25) is 17.6 Å². The predicted molar refractivity (Wildman–Crippen MR) is 93.9 cm³/mol. The zero-order valence-corrected chi connectivity index (χ0v) is 14.8. The quantitative estimate of drug-likeness (QED) is 0.858. The maximum Gasteiger partial charge on any atom is 0.227 e. The summed E-state index contributed by atoms with van der Waals surface area (Å²) < 4.78 is 18.6. The van der Waals surface area contributed by atoms with Gasteiger partial charge >= 0.3 is 0 Å². The summed E-state index contributed by atoms with van der Waals surface area (Å²) in [5, 5.41) is 10.6. The largest absolute Gasteiger partial charge is 0.353 e. The monoisotopic (exact) mass is 358 g/mol. The molecule has 2 aromatic rings. The van der Waals surface area contributed by atoms with Crippen molar-refractivity contribution in [2.24, 2.45) is 0 Å². The molecule has 0 spiro atoms. The molecular formula is C19H23FN4O2. The Morgan fingerprint density at radius 1 is 1.35 bits per heavy atom. The number of rotatable bonds is 5. The summed E-state index contributed by atoms with van der Waals surface area (Å²) >= 11 is 0. The minimum absolute atomic E-state index is 0.0219. The van der Waals surface area contributed by atoms with Gasteiger partial charge in [-0.2, -0.15) is 4.98 Å². The van der Waals surface area contributed by atoms with Gasteiger partial charge in [-0.1, -0.05) is 5.16 Å². The minimum Gasteiger partial charge on any atom is -0.353 e. The van der Waals surface area contributed by atoms with Crippen LogP contribution >= 0.6 is 0 Å². The minimum atomic E-state index is -0.263. The molecule has 1 amide bonds. The number of hydrogen-bond donors (Lipinski definition) is 2. The lowest BCUT2D eigenvalue weighted by atomic mass is 9.99. The van der Waals surface area contributed by atoms with E-state index < -0.39 is 0 Å². The zero-order chi connectivity index (χ0) is 18.1. The molecule has 0 radical (unpaired) electrons. The maximum absolute atomic E-state index is 13.4. The number of amides is 1. The molecule has 0 saturated carbocycles. The third-order valence-corrected chi connectivity index (χ3v) is 5.29. The van der Waals surface area contributed by atoms with Crippen LogP contribution in [0.3, 0.4) is 0 Å². The molecule has 2 fully saturated rings. The Balaban J connectivity index is 1.30. The molecule has 3 heterocycles. The smallest absolute Gasteiger partial charge is 0.227 e. The van der Waals surface area contributed by atoms with E-state index in [0.717, 1.165) is 12.8 Å². The molecule has 2 unspecified atom stereocenters. The first kappa shape index (κ1) is 17.1. The Kier molecular flexibility index (Phi) is 4.72. The summed E-state index contributed by atoms with van der Waals surface area (Å²) in [7, 11) is 0. The molecule has 2 N–H and O–H groups in total. The molecule has 2 aliphatic heterocycles. The van der Waals surface area contributed by atoms with Crippen LogP contribution in [0, 0.1) is 12.7 Å². The van der Waals surface area contributed by atoms with Gasteiger partial charge in [0.1, 0.15) is 5.82 Å². The van der Waals surface area contributed by atoms with Gasteiger partial charge < -0.3 is 15.2 Å². The van der Waals surface area contributed by atoms with Crippen molar-refractivity contribution < 1.29 is 13.7 Å². The van der Waals surface area contributed by atoms with Crippen molar-refractivity contribution in [1.82, 2.24) is 20.8 Å². The first-order chi connectivity index (χ1) is 12.6. The molecule has 26 heavy (non-hydrogen) atoms. The van der Waals surface area contributed by atoms with Gasteiger partial charge in [-0.3, -0.25) is 4.79 Å². The van der Waals surface area contributed by atoms with Crippen molar-refractivity contribution in [3.8, 4) is 11.4 Å². The van der Waals surface area contributed by atoms with Crippen LogP contribution in [0.15, 0.2) is 22.7 Å². The molecule has 0 aliphatic carbocycles. The third-order valence-electron chi connectivity index (χ3n) is 5.29. The number of nitrogens with one attached hydrogen (secondary N) is 2. The SMILES string of the molecule is Cc1cc(-c2noc(CCC(=O)NC3CC4CCC(C3)N4)n2)ccc1F. The molecule has 1 aromatic carbocycles. The van der Waals surface area contributed by atoms with Gasteiger partial charge in [-0.15, -0.1) is 0 Å². The molecule has 4 rings (SSSR count). The molecule has 2 saturated heterocycles. The normalized spacial score (nSPS) is 24.6. The fourth-order valence-electron chi connectivity index (χ4n) is 3.95. The van der Waals surface area contributed by atoms with Crippen molar-refractivity contribution in [3.05, 3.63) is 35.5 Å². The summed E-state index contributed by atoms with van der Waals surface area (Å²) in [6, 6.07) is 6.06. The number of carbonyl (C=O) groups excluding carboxylic acids is 1. The van der Waals surface area contributed by atoms with E-state index >= 15 is 0 Å². The molecule has 138 valence electrons. The van der Waals surface area contributed by atoms with E-state index in [0.29, 0.717) is 47.8 Å². The number of halogens is 1. The van der Waals surface area contributed by atoms with E-state index in [4.69, 9.17) is 4.52 Å². The Bertz CT molecular complexity index is 795. The number of hydrogen-bond acceptors (Lipinski definition) is 5. The molecule has 7 heteroatoms. The fourth-order valence-corrected chi connectivity index (χ4v) is 3.95. The van der Waals surface area contributed by atoms with Gasteiger partial charge in [0.15, 0.2) is 0 Å². The highest BCUT2D eigenvalue weighted by molar-refractivity contribution is 5.76. The van der Waals surface area contributed by atoms with Crippen LogP contribution in [0.1, 0.15) is 43.6 Å². The van der Waals surface area contributed by atoms with Crippen LogP contribution in [0.4, 0.5) is 4.39 Å². The van der Waals surface area contributed by atoms with E-state index in [1.807, 2.05) is 0 Å². The lowest BCUT2D eigenvalue weighted by Crippen LogP contribution is -2.48. The molecule has 1 aromatic heterocycles. The van der Waals surface area contributed by atoms with Gasteiger partial charge in [0.05, 0.1) is 0 Å². The van der Waals surface area contributed by atoms with Crippen molar-refractivity contribution in [1.29, 1.82) is 0 Å². The lowest BCUT2D eigenvalue weighted by molar-refractivity contribution is -0.122. The number of carbonyl (C=O) groups is 1. The molecule has 2 aliphatic rings. The van der Waals surface area contributed by atoms with Gasteiger partial charge in [-0.25, -0.2) is 4.39 Å². The Morgan fingerprint density at radius 2 is 2.12 bits per heavy atom. The fraction of sp³-hybridized carbons (Fsp3) is 0.526. The molecule has 6 nitrogen and oxygen atoms in total. The number of fused-ring (bicyclic) bond motifs is 2. The van der Waals surface area contributed by atoms with Crippen molar-refractivity contribution in [3.63, 3.8) is 0 Å². The van der Waals surface area contributed by atoms with Gasteiger partial charge in [0.25, 0.3) is 0 Å². The average molecular weight is 358 g/mol. The van der Waals surface area contributed by atoms with Crippen molar-refractivity contribution in [2.75, 3.05) is 0 Å². The summed E-state index contributed by atoms with van der Waals surface area (Å²) in [6.45, 7) is 1.69. The number of aromatic nitrogens is 2. The van der Waals surface area contributed by atoms with Crippen LogP contribution in [0.2, 0.25) is 0 Å². The second kappa shape index (κ2) is 7.15. The zero-order valence-electron chi connectivity index (χ0n) is 14.8. The second-order valence-corrected chi connectivity index (χ2v) is 7.35. The Labute approximate surface area is 151 Å². The molecule has 2 atom stereocenters. The third kappa shape index (κ3) is 3.77. The summed E-state index contributed by atoms with van der Waals surface area (Å²) in [5.41, 5.74) is 1.23. The number of piperidine rings is 1. The summed E-state index contributed by atoms with van der Waals surface area (Å²) in [6.07, 6.45) is 5.17. The first-order valence-corrected chi connectivity index (χ1v) is 9.21. The van der Waals surface area contributed by atoms with E-state index in [1.165, 1.54) is 18.9 Å². The van der Waals surface area contributed by atoms with E-state index in [2.05, 4.69) is 20.8 Å². The van der Waals surface area contributed by atoms with Crippen LogP contribution < -0.4 is 10.6 Å². The molecule has 2 bridgehead atoms. The number of benzene rings is 1. The lowest BCUT2D eigenvalue weighted by Gasteiger charge is -2.29. The Hall–Kier alpha value is -2.28. The summed E-state index contributed by atoms with van der Waals surface area (Å²) in [4.78, 5) is 16.5. The first-order valence-electron chi connectivity index (χ1n) is 9.21. The predicted octanol–water partition coefficient (Wildman–Crippen LogP) is 2.52. The second-order valence-electron chi connectivity index (χ2n) is 7.35. The van der Waals surface area contributed by atoms with Gasteiger partial charge in [0, 0.05) is 36.5 Å². The summed E-state index contributed by atoms with van der Waals surface area (Å²) in [5.74, 6) is 0.593. The van der Waals surface area contributed by atoms with Crippen LogP contribution in [0.5, 0.6) is 0 Å². The highest BCUT2D eigenvalue weighted by Crippen LogP contribution is 2.26. The molecular weight excluding hydrogens is 335 g/mol. The van der Waals surface area contributed by atoms with Crippen LogP contribution in [-0.2, 0) is 11.2 Å². The standard InChI is InChI=1S/C19H23FN4O2/c1-11-8-12(2-5-16(11)20)19-23-18(26-24-19)7-6-17(25)22-15-9-13-3-4-14(10-15)21-13/h2,5,8,13-15,21H,3-4,6-7,9-10H2,1H3,(H,22,25). The highest BCUT2D eigenvalue weighted by atomic mass is 19.1. The van der Waals surface area contributed by atoms with E-state index in [9.17, 15) is 9.18 Å². The van der Waals surface area contributed by atoms with E-state index in [1.54, 1.807) is 19.1 Å². The van der Waals surface area contributed by atoms with Crippen LogP contribution in [-0.4, -0.2) is 34.2 Å².